The molecule has 0 unspecified atom stereocenters. The standard InChI is InChI=1S/C22H32N4O.HI/c1-5-26(6-2)17-19-12-10-18(11-13-19)15-24-22(23-3)25-16-20-8-7-9-21(14-20)27-4;/h7-14H,5-6,15-17H2,1-4H3,(H2,23,24,25);1H. The molecule has 5 nitrogen and oxygen atoms in total. The molecule has 2 aromatic rings. The molecule has 2 aromatic carbocycles. The Morgan fingerprint density at radius 2 is 1.54 bits per heavy atom. The van der Waals surface area contributed by atoms with E-state index in [0.29, 0.717) is 6.54 Å². The molecule has 154 valence electrons. The van der Waals surface area contributed by atoms with Crippen LogP contribution in [0.1, 0.15) is 30.5 Å². The molecule has 0 saturated carbocycles. The minimum atomic E-state index is 0. The zero-order valence-corrected chi connectivity index (χ0v) is 19.7. The second-order valence-electron chi connectivity index (χ2n) is 6.41. The van der Waals surface area contributed by atoms with Gasteiger partial charge in [-0.3, -0.25) is 9.89 Å². The average molecular weight is 496 g/mol. The Bertz CT molecular complexity index is 715. The van der Waals surface area contributed by atoms with Gasteiger partial charge in [-0.1, -0.05) is 50.2 Å². The van der Waals surface area contributed by atoms with E-state index in [4.69, 9.17) is 4.74 Å². The first-order chi connectivity index (χ1) is 13.2. The second-order valence-corrected chi connectivity index (χ2v) is 6.41. The molecule has 0 amide bonds. The monoisotopic (exact) mass is 496 g/mol. The molecule has 0 aliphatic heterocycles. The van der Waals surface area contributed by atoms with Crippen LogP contribution in [0.3, 0.4) is 0 Å². The van der Waals surface area contributed by atoms with Gasteiger partial charge in [-0.25, -0.2) is 0 Å². The summed E-state index contributed by atoms with van der Waals surface area (Å²) in [5.41, 5.74) is 3.74. The number of guanidine groups is 1. The smallest absolute Gasteiger partial charge is 0.191 e. The Balaban J connectivity index is 0.00000392. The summed E-state index contributed by atoms with van der Waals surface area (Å²) in [7, 11) is 3.47. The van der Waals surface area contributed by atoms with Crippen molar-refractivity contribution in [2.24, 2.45) is 4.99 Å². The predicted molar refractivity (Wildman–Crippen MR) is 129 cm³/mol. The predicted octanol–water partition coefficient (Wildman–Crippen LogP) is 4.02. The molecule has 0 aliphatic rings. The Morgan fingerprint density at radius 1 is 0.929 bits per heavy atom. The van der Waals surface area contributed by atoms with Crippen LogP contribution in [0, 0.1) is 0 Å². The number of ether oxygens (including phenoxy) is 1. The van der Waals surface area contributed by atoms with Crippen molar-refractivity contribution < 1.29 is 4.74 Å². The molecule has 0 aromatic heterocycles. The molecule has 0 saturated heterocycles. The van der Waals surface area contributed by atoms with Crippen LogP contribution in [-0.2, 0) is 19.6 Å². The number of methoxy groups -OCH3 is 1. The molecule has 0 bridgehead atoms. The van der Waals surface area contributed by atoms with Gasteiger partial charge in [0.2, 0.25) is 0 Å². The number of benzene rings is 2. The lowest BCUT2D eigenvalue weighted by Crippen LogP contribution is -2.36. The third kappa shape index (κ3) is 8.06. The Labute approximate surface area is 186 Å². The molecule has 0 atom stereocenters. The van der Waals surface area contributed by atoms with Gasteiger partial charge in [0.05, 0.1) is 7.11 Å². The van der Waals surface area contributed by atoms with Crippen LogP contribution in [0.15, 0.2) is 53.5 Å². The van der Waals surface area contributed by atoms with Crippen LogP contribution in [-0.4, -0.2) is 38.1 Å². The van der Waals surface area contributed by atoms with E-state index in [9.17, 15) is 0 Å². The topological polar surface area (TPSA) is 48.9 Å². The van der Waals surface area contributed by atoms with E-state index in [0.717, 1.165) is 43.5 Å². The third-order valence-corrected chi connectivity index (χ3v) is 4.60. The molecular weight excluding hydrogens is 463 g/mol. The summed E-state index contributed by atoms with van der Waals surface area (Å²) < 4.78 is 5.26. The van der Waals surface area contributed by atoms with Crippen molar-refractivity contribution >= 4 is 29.9 Å². The lowest BCUT2D eigenvalue weighted by molar-refractivity contribution is 0.296. The van der Waals surface area contributed by atoms with E-state index in [1.54, 1.807) is 14.2 Å². The Kier molecular flexibility index (Phi) is 11.6. The van der Waals surface area contributed by atoms with Crippen LogP contribution >= 0.6 is 24.0 Å². The molecule has 0 spiro atoms. The zero-order valence-electron chi connectivity index (χ0n) is 17.4. The molecule has 2 rings (SSSR count). The van der Waals surface area contributed by atoms with Crippen molar-refractivity contribution in [2.45, 2.75) is 33.5 Å². The molecule has 0 radical (unpaired) electrons. The average Bonchev–Trinajstić information content (AvgIpc) is 2.73. The summed E-state index contributed by atoms with van der Waals surface area (Å²) in [4.78, 5) is 6.71. The lowest BCUT2D eigenvalue weighted by atomic mass is 10.1. The largest absolute Gasteiger partial charge is 0.497 e. The number of nitrogens with zero attached hydrogens (tertiary/aromatic N) is 2. The van der Waals surface area contributed by atoms with Gasteiger partial charge in [0.25, 0.3) is 0 Å². The maximum absolute atomic E-state index is 5.26. The quantitative estimate of drug-likeness (QED) is 0.313. The second kappa shape index (κ2) is 13.4. The summed E-state index contributed by atoms with van der Waals surface area (Å²) in [6.45, 7) is 9.00. The highest BCUT2D eigenvalue weighted by Crippen LogP contribution is 2.12. The first-order valence-corrected chi connectivity index (χ1v) is 9.56. The van der Waals surface area contributed by atoms with Crippen molar-refractivity contribution in [3.63, 3.8) is 0 Å². The number of hydrogen-bond donors (Lipinski definition) is 2. The van der Waals surface area contributed by atoms with Gasteiger partial charge >= 0.3 is 0 Å². The first kappa shape index (κ1) is 24.2. The van der Waals surface area contributed by atoms with E-state index in [2.05, 4.69) is 64.7 Å². The summed E-state index contributed by atoms with van der Waals surface area (Å²) in [6, 6.07) is 16.8. The number of halogens is 1. The highest BCUT2D eigenvalue weighted by Gasteiger charge is 2.03. The van der Waals surface area contributed by atoms with Gasteiger partial charge in [-0.05, 0) is 41.9 Å². The molecule has 0 fully saturated rings. The van der Waals surface area contributed by atoms with Crippen molar-refractivity contribution in [2.75, 3.05) is 27.2 Å². The maximum Gasteiger partial charge on any atom is 0.191 e. The van der Waals surface area contributed by atoms with E-state index in [-0.39, 0.29) is 24.0 Å². The van der Waals surface area contributed by atoms with Gasteiger partial charge in [0.1, 0.15) is 5.75 Å². The van der Waals surface area contributed by atoms with Gasteiger partial charge < -0.3 is 15.4 Å². The molecule has 6 heteroatoms. The summed E-state index contributed by atoms with van der Waals surface area (Å²) in [6.07, 6.45) is 0. The fraction of sp³-hybridized carbons (Fsp3) is 0.409. The van der Waals surface area contributed by atoms with Crippen molar-refractivity contribution in [1.82, 2.24) is 15.5 Å². The van der Waals surface area contributed by atoms with Crippen molar-refractivity contribution in [3.05, 3.63) is 65.2 Å². The van der Waals surface area contributed by atoms with E-state index in [1.807, 2.05) is 18.2 Å². The van der Waals surface area contributed by atoms with E-state index in [1.165, 1.54) is 11.1 Å². The van der Waals surface area contributed by atoms with E-state index < -0.39 is 0 Å². The minimum Gasteiger partial charge on any atom is -0.497 e. The first-order valence-electron chi connectivity index (χ1n) is 9.56. The minimum absolute atomic E-state index is 0. The Hall–Kier alpha value is -1.80. The van der Waals surface area contributed by atoms with Crippen molar-refractivity contribution in [3.8, 4) is 5.75 Å². The fourth-order valence-electron chi connectivity index (χ4n) is 2.84. The fourth-order valence-corrected chi connectivity index (χ4v) is 2.84. The molecule has 0 heterocycles. The van der Waals surface area contributed by atoms with Gasteiger partial charge in [0, 0.05) is 26.7 Å². The van der Waals surface area contributed by atoms with Crippen LogP contribution in [0.25, 0.3) is 0 Å². The number of hydrogen-bond acceptors (Lipinski definition) is 3. The number of nitrogens with one attached hydrogen (secondary N) is 2. The molecule has 28 heavy (non-hydrogen) atoms. The zero-order chi connectivity index (χ0) is 19.5. The molecular formula is C22H33IN4O. The van der Waals surface area contributed by atoms with Crippen LogP contribution in [0.5, 0.6) is 5.75 Å². The van der Waals surface area contributed by atoms with Gasteiger partial charge in [0.15, 0.2) is 5.96 Å². The highest BCUT2D eigenvalue weighted by atomic mass is 127. The highest BCUT2D eigenvalue weighted by molar-refractivity contribution is 14.0. The summed E-state index contributed by atoms with van der Waals surface area (Å²) in [5, 5.41) is 6.70. The maximum atomic E-state index is 5.26. The van der Waals surface area contributed by atoms with E-state index >= 15 is 0 Å². The lowest BCUT2D eigenvalue weighted by Gasteiger charge is -2.18. The molecule has 2 N–H and O–H groups in total. The Morgan fingerprint density at radius 3 is 2.11 bits per heavy atom. The number of aliphatic imine (C=N–C) groups is 1. The van der Waals surface area contributed by atoms with Crippen LogP contribution in [0.4, 0.5) is 0 Å². The van der Waals surface area contributed by atoms with Crippen molar-refractivity contribution in [1.29, 1.82) is 0 Å². The number of rotatable bonds is 9. The third-order valence-electron chi connectivity index (χ3n) is 4.60. The van der Waals surface area contributed by atoms with Crippen LogP contribution < -0.4 is 15.4 Å². The van der Waals surface area contributed by atoms with Gasteiger partial charge in [-0.2, -0.15) is 0 Å². The van der Waals surface area contributed by atoms with Crippen LogP contribution in [0.2, 0.25) is 0 Å². The summed E-state index contributed by atoms with van der Waals surface area (Å²) in [5.74, 6) is 1.65. The SMILES string of the molecule is CCN(CC)Cc1ccc(CNC(=NC)NCc2cccc(OC)c2)cc1.I. The summed E-state index contributed by atoms with van der Waals surface area (Å²) >= 11 is 0. The van der Waals surface area contributed by atoms with Gasteiger partial charge in [-0.15, -0.1) is 24.0 Å². The molecule has 0 aliphatic carbocycles. The normalized spacial score (nSPS) is 11.1.